The molecule has 4 heteroatoms. The van der Waals surface area contributed by atoms with Gasteiger partial charge < -0.3 is 10.5 Å². The van der Waals surface area contributed by atoms with E-state index in [0.717, 1.165) is 30.6 Å². The second kappa shape index (κ2) is 6.84. The Labute approximate surface area is 124 Å². The van der Waals surface area contributed by atoms with Crippen molar-refractivity contribution in [2.24, 2.45) is 5.73 Å². The predicted molar refractivity (Wildman–Crippen MR) is 82.3 cm³/mol. The molecule has 0 aliphatic carbocycles. The number of aryl methyl sites for hydroxylation is 1. The number of halogens is 1. The van der Waals surface area contributed by atoms with E-state index in [1.54, 1.807) is 0 Å². The minimum Gasteiger partial charge on any atom is -0.374 e. The molecule has 2 atom stereocenters. The maximum absolute atomic E-state index is 5.89. The van der Waals surface area contributed by atoms with Crippen molar-refractivity contribution in [1.82, 2.24) is 4.90 Å². The van der Waals surface area contributed by atoms with Crippen LogP contribution in [-0.2, 0) is 4.74 Å². The molecule has 0 aromatic heterocycles. The van der Waals surface area contributed by atoms with Crippen molar-refractivity contribution < 1.29 is 4.74 Å². The molecule has 1 aliphatic heterocycles. The fourth-order valence-electron chi connectivity index (χ4n) is 2.74. The van der Waals surface area contributed by atoms with Gasteiger partial charge in [-0.25, -0.2) is 0 Å². The zero-order valence-corrected chi connectivity index (χ0v) is 13.3. The van der Waals surface area contributed by atoms with E-state index in [4.69, 9.17) is 10.5 Å². The Balaban J connectivity index is 2.30. The van der Waals surface area contributed by atoms with Crippen LogP contribution in [0.25, 0.3) is 0 Å². The van der Waals surface area contributed by atoms with Gasteiger partial charge in [-0.3, -0.25) is 4.90 Å². The lowest BCUT2D eigenvalue weighted by atomic mass is 9.97. The van der Waals surface area contributed by atoms with E-state index >= 15 is 0 Å². The average Bonchev–Trinajstić information content (AvgIpc) is 2.42. The van der Waals surface area contributed by atoms with Crippen LogP contribution < -0.4 is 5.73 Å². The lowest BCUT2D eigenvalue weighted by molar-refractivity contribution is -0.0676. The van der Waals surface area contributed by atoms with Crippen LogP contribution in [0.15, 0.2) is 22.7 Å². The third-order valence-electron chi connectivity index (χ3n) is 3.74. The quantitative estimate of drug-likeness (QED) is 0.924. The summed E-state index contributed by atoms with van der Waals surface area (Å²) in [6, 6.07) is 6.84. The Morgan fingerprint density at radius 3 is 2.89 bits per heavy atom. The summed E-state index contributed by atoms with van der Waals surface area (Å²) in [6.45, 7) is 7.75. The van der Waals surface area contributed by atoms with Gasteiger partial charge >= 0.3 is 0 Å². The predicted octanol–water partition coefficient (Wildman–Crippen LogP) is 2.87. The molecule has 0 spiro atoms. The summed E-state index contributed by atoms with van der Waals surface area (Å²) >= 11 is 3.62. The van der Waals surface area contributed by atoms with Crippen LogP contribution >= 0.6 is 15.9 Å². The number of morpholine rings is 1. The lowest BCUT2D eigenvalue weighted by Gasteiger charge is -2.41. The topological polar surface area (TPSA) is 38.5 Å². The van der Waals surface area contributed by atoms with E-state index in [-0.39, 0.29) is 12.1 Å². The highest BCUT2D eigenvalue weighted by Gasteiger charge is 2.32. The molecule has 1 aliphatic rings. The summed E-state index contributed by atoms with van der Waals surface area (Å²) in [5.74, 6) is 0. The van der Waals surface area contributed by atoms with Crippen LogP contribution in [0.4, 0.5) is 0 Å². The maximum Gasteiger partial charge on any atom is 0.0894 e. The first-order valence-electron chi connectivity index (χ1n) is 6.99. The van der Waals surface area contributed by atoms with Gasteiger partial charge in [-0.15, -0.1) is 0 Å². The van der Waals surface area contributed by atoms with Crippen molar-refractivity contribution >= 4 is 15.9 Å². The minimum absolute atomic E-state index is 0.0925. The Morgan fingerprint density at radius 2 is 2.26 bits per heavy atom. The highest BCUT2D eigenvalue weighted by Crippen LogP contribution is 2.31. The number of nitrogens with two attached hydrogens (primary N) is 1. The first-order valence-corrected chi connectivity index (χ1v) is 7.78. The van der Waals surface area contributed by atoms with E-state index in [1.807, 2.05) is 0 Å². The second-order valence-corrected chi connectivity index (χ2v) is 5.99. The van der Waals surface area contributed by atoms with Gasteiger partial charge in [0.25, 0.3) is 0 Å². The Morgan fingerprint density at radius 1 is 1.47 bits per heavy atom. The molecule has 3 nitrogen and oxygen atoms in total. The van der Waals surface area contributed by atoms with Gasteiger partial charge in [-0.05, 0) is 37.1 Å². The molecule has 106 valence electrons. The normalized spacial score (nSPS) is 24.6. The van der Waals surface area contributed by atoms with Crippen molar-refractivity contribution in [2.75, 3.05) is 26.2 Å². The smallest absolute Gasteiger partial charge is 0.0894 e. The van der Waals surface area contributed by atoms with Crippen LogP contribution in [0.5, 0.6) is 0 Å². The van der Waals surface area contributed by atoms with Gasteiger partial charge in [0.1, 0.15) is 0 Å². The highest BCUT2D eigenvalue weighted by atomic mass is 79.9. The number of hydrogen-bond donors (Lipinski definition) is 1. The fraction of sp³-hybridized carbons (Fsp3) is 0.600. The Bertz CT molecular complexity index is 423. The third kappa shape index (κ3) is 3.37. The molecule has 2 unspecified atom stereocenters. The molecule has 0 bridgehead atoms. The summed E-state index contributed by atoms with van der Waals surface area (Å²) in [7, 11) is 0. The molecule has 2 N–H and O–H groups in total. The summed E-state index contributed by atoms with van der Waals surface area (Å²) in [5, 5.41) is 0. The molecule has 1 aromatic carbocycles. The number of benzene rings is 1. The maximum atomic E-state index is 5.89. The molecular weight excluding hydrogens is 304 g/mol. The molecular formula is C15H23BrN2O. The lowest BCUT2D eigenvalue weighted by Crippen LogP contribution is -2.48. The summed E-state index contributed by atoms with van der Waals surface area (Å²) < 4.78 is 7.01. The van der Waals surface area contributed by atoms with Gasteiger partial charge in [0.15, 0.2) is 0 Å². The van der Waals surface area contributed by atoms with Crippen LogP contribution in [0.3, 0.4) is 0 Å². The van der Waals surface area contributed by atoms with E-state index in [2.05, 4.69) is 52.9 Å². The monoisotopic (exact) mass is 326 g/mol. The number of hydrogen-bond acceptors (Lipinski definition) is 3. The zero-order chi connectivity index (χ0) is 13.8. The summed E-state index contributed by atoms with van der Waals surface area (Å²) in [5.41, 5.74) is 8.44. The van der Waals surface area contributed by atoms with Gasteiger partial charge in [0, 0.05) is 17.6 Å². The third-order valence-corrected chi connectivity index (χ3v) is 4.59. The van der Waals surface area contributed by atoms with Crippen molar-refractivity contribution in [1.29, 1.82) is 0 Å². The van der Waals surface area contributed by atoms with Crippen LogP contribution in [0.1, 0.15) is 30.5 Å². The Kier molecular flexibility index (Phi) is 5.39. The largest absolute Gasteiger partial charge is 0.374 e. The standard InChI is InChI=1S/C15H23BrN2O/c1-3-6-18-7-8-19-14(10-17)15(18)12-5-4-11(2)13(16)9-12/h4-5,9,14-15H,3,6-8,10,17H2,1-2H3. The first kappa shape index (κ1) is 15.0. The molecule has 1 fully saturated rings. The van der Waals surface area contributed by atoms with Crippen LogP contribution in [0, 0.1) is 6.92 Å². The molecule has 0 amide bonds. The molecule has 1 aromatic rings. The molecule has 0 saturated carbocycles. The highest BCUT2D eigenvalue weighted by molar-refractivity contribution is 9.10. The summed E-state index contributed by atoms with van der Waals surface area (Å²) in [4.78, 5) is 2.50. The van der Waals surface area contributed by atoms with Gasteiger partial charge in [-0.2, -0.15) is 0 Å². The van der Waals surface area contributed by atoms with E-state index < -0.39 is 0 Å². The zero-order valence-electron chi connectivity index (χ0n) is 11.7. The van der Waals surface area contributed by atoms with E-state index in [1.165, 1.54) is 11.1 Å². The average molecular weight is 327 g/mol. The Hall–Kier alpha value is -0.420. The van der Waals surface area contributed by atoms with Crippen molar-refractivity contribution in [3.8, 4) is 0 Å². The number of ether oxygens (including phenoxy) is 1. The first-order chi connectivity index (χ1) is 9.17. The van der Waals surface area contributed by atoms with Crippen molar-refractivity contribution in [2.45, 2.75) is 32.4 Å². The SMILES string of the molecule is CCCN1CCOC(CN)C1c1ccc(C)c(Br)c1. The molecule has 1 saturated heterocycles. The van der Waals surface area contributed by atoms with Gasteiger partial charge in [0.2, 0.25) is 0 Å². The van der Waals surface area contributed by atoms with Crippen molar-refractivity contribution in [3.05, 3.63) is 33.8 Å². The fourth-order valence-corrected chi connectivity index (χ4v) is 3.14. The van der Waals surface area contributed by atoms with E-state index in [9.17, 15) is 0 Å². The number of rotatable bonds is 4. The molecule has 1 heterocycles. The van der Waals surface area contributed by atoms with E-state index in [0.29, 0.717) is 6.54 Å². The van der Waals surface area contributed by atoms with Crippen LogP contribution in [0.2, 0.25) is 0 Å². The number of nitrogens with zero attached hydrogens (tertiary/aromatic N) is 1. The molecule has 2 rings (SSSR count). The van der Waals surface area contributed by atoms with Gasteiger partial charge in [-0.1, -0.05) is 35.0 Å². The van der Waals surface area contributed by atoms with Crippen LogP contribution in [-0.4, -0.2) is 37.2 Å². The summed E-state index contributed by atoms with van der Waals surface area (Å²) in [6.07, 6.45) is 1.25. The van der Waals surface area contributed by atoms with Gasteiger partial charge in [0.05, 0.1) is 18.8 Å². The molecule has 19 heavy (non-hydrogen) atoms. The second-order valence-electron chi connectivity index (χ2n) is 5.13. The molecule has 0 radical (unpaired) electrons. The van der Waals surface area contributed by atoms with Crippen molar-refractivity contribution in [3.63, 3.8) is 0 Å². The minimum atomic E-state index is 0.0925.